The largest absolute Gasteiger partial charge is 0.453 e. The molecule has 0 unspecified atom stereocenters. The zero-order valence-corrected chi connectivity index (χ0v) is 28.3. The Bertz CT molecular complexity index is 2170. The molecule has 0 aliphatic carbocycles. The molecular formula is C46H38N2O2. The number of anilines is 6. The zero-order chi connectivity index (χ0) is 33.9. The van der Waals surface area contributed by atoms with E-state index in [1.807, 2.05) is 60.7 Å². The highest BCUT2D eigenvalue weighted by Crippen LogP contribution is 2.51. The van der Waals surface area contributed by atoms with Gasteiger partial charge in [0.2, 0.25) is 0 Å². The molecule has 4 heteroatoms. The lowest BCUT2D eigenvalue weighted by Crippen LogP contribution is -2.15. The van der Waals surface area contributed by atoms with Crippen LogP contribution in [0, 0.1) is 6.92 Å². The van der Waals surface area contributed by atoms with Gasteiger partial charge in [-0.25, -0.2) is 0 Å². The molecule has 0 saturated heterocycles. The number of ether oxygens (including phenoxy) is 2. The van der Waals surface area contributed by atoms with E-state index in [0.717, 1.165) is 70.0 Å². The van der Waals surface area contributed by atoms with Crippen molar-refractivity contribution in [1.82, 2.24) is 0 Å². The van der Waals surface area contributed by atoms with Crippen molar-refractivity contribution in [1.29, 1.82) is 0 Å². The van der Waals surface area contributed by atoms with Crippen molar-refractivity contribution in [3.63, 3.8) is 0 Å². The molecule has 0 atom stereocenters. The minimum absolute atomic E-state index is 0.881. The summed E-state index contributed by atoms with van der Waals surface area (Å²) in [5.41, 5.74) is 11.9. The van der Waals surface area contributed by atoms with E-state index in [-0.39, 0.29) is 0 Å². The van der Waals surface area contributed by atoms with Crippen molar-refractivity contribution in [2.75, 3.05) is 9.80 Å². The number of aryl methyl sites for hydroxylation is 2. The fourth-order valence-corrected chi connectivity index (χ4v) is 6.62. The third-order valence-electron chi connectivity index (χ3n) is 9.16. The Labute approximate surface area is 294 Å². The molecule has 9 rings (SSSR count). The van der Waals surface area contributed by atoms with Crippen LogP contribution in [-0.4, -0.2) is 0 Å². The van der Waals surface area contributed by atoms with E-state index in [4.69, 9.17) is 9.47 Å². The zero-order valence-electron chi connectivity index (χ0n) is 28.3. The van der Waals surface area contributed by atoms with E-state index < -0.39 is 0 Å². The molecule has 0 aromatic heterocycles. The maximum absolute atomic E-state index is 6.11. The molecule has 244 valence electrons. The summed E-state index contributed by atoms with van der Waals surface area (Å²) in [7, 11) is 0. The first kappa shape index (κ1) is 31.0. The summed E-state index contributed by atoms with van der Waals surface area (Å²) in [5, 5.41) is 0. The number of hydrogen-bond acceptors (Lipinski definition) is 4. The van der Waals surface area contributed by atoms with Crippen LogP contribution < -0.4 is 19.3 Å². The lowest BCUT2D eigenvalue weighted by atomic mass is 10.0. The lowest BCUT2D eigenvalue weighted by Gasteiger charge is -2.32. The SMILES string of the molecule is CCc1cccc(Cc2ccc(N3c4ccccc4Oc4ccccc43)cc2)c1.Cc1ccc(N2c3ccccc3Oc3ccccc32)cc1. The lowest BCUT2D eigenvalue weighted by molar-refractivity contribution is 0.477. The normalized spacial score (nSPS) is 12.2. The van der Waals surface area contributed by atoms with Crippen LogP contribution >= 0.6 is 0 Å². The van der Waals surface area contributed by atoms with E-state index in [0.29, 0.717) is 0 Å². The molecule has 0 saturated carbocycles. The molecule has 0 N–H and O–H groups in total. The average Bonchev–Trinajstić information content (AvgIpc) is 3.17. The van der Waals surface area contributed by atoms with Gasteiger partial charge >= 0.3 is 0 Å². The molecule has 7 aromatic carbocycles. The molecule has 2 aliphatic rings. The summed E-state index contributed by atoms with van der Waals surface area (Å²) in [6.07, 6.45) is 2.02. The third kappa shape index (κ3) is 6.20. The number of benzene rings is 7. The minimum atomic E-state index is 0.881. The Hall–Kier alpha value is -6.26. The van der Waals surface area contributed by atoms with Crippen LogP contribution in [0.15, 0.2) is 170 Å². The van der Waals surface area contributed by atoms with E-state index in [1.165, 1.54) is 22.3 Å². The summed E-state index contributed by atoms with van der Waals surface area (Å²) in [6, 6.07) is 59.0. The van der Waals surface area contributed by atoms with Crippen LogP contribution in [0.25, 0.3) is 0 Å². The van der Waals surface area contributed by atoms with Crippen molar-refractivity contribution in [2.24, 2.45) is 0 Å². The maximum Gasteiger partial charge on any atom is 0.151 e. The Kier molecular flexibility index (Phi) is 8.50. The first-order chi connectivity index (χ1) is 24.6. The Morgan fingerprint density at radius 3 is 1.24 bits per heavy atom. The van der Waals surface area contributed by atoms with E-state index in [2.05, 4.69) is 133 Å². The van der Waals surface area contributed by atoms with Gasteiger partial charge in [0.05, 0.1) is 22.7 Å². The molecule has 2 aliphatic heterocycles. The van der Waals surface area contributed by atoms with Crippen LogP contribution in [-0.2, 0) is 12.8 Å². The van der Waals surface area contributed by atoms with E-state index in [1.54, 1.807) is 0 Å². The molecule has 0 radical (unpaired) electrons. The van der Waals surface area contributed by atoms with Crippen molar-refractivity contribution in [3.8, 4) is 23.0 Å². The van der Waals surface area contributed by atoms with Crippen LogP contribution in [0.4, 0.5) is 34.1 Å². The number of rotatable bonds is 5. The number of nitrogens with zero attached hydrogens (tertiary/aromatic N) is 2. The first-order valence-electron chi connectivity index (χ1n) is 17.2. The van der Waals surface area contributed by atoms with Crippen LogP contribution in [0.2, 0.25) is 0 Å². The molecule has 0 bridgehead atoms. The Morgan fingerprint density at radius 1 is 0.400 bits per heavy atom. The van der Waals surface area contributed by atoms with Crippen LogP contribution in [0.1, 0.15) is 29.2 Å². The van der Waals surface area contributed by atoms with Gasteiger partial charge in [-0.3, -0.25) is 0 Å². The summed E-state index contributed by atoms with van der Waals surface area (Å²) in [6.45, 7) is 4.30. The van der Waals surface area contributed by atoms with Gasteiger partial charge in [0.25, 0.3) is 0 Å². The molecule has 2 heterocycles. The predicted molar refractivity (Wildman–Crippen MR) is 206 cm³/mol. The highest BCUT2D eigenvalue weighted by molar-refractivity contribution is 5.87. The Balaban J connectivity index is 0.000000152. The second-order valence-corrected chi connectivity index (χ2v) is 12.6. The molecule has 0 fully saturated rings. The molecule has 0 amide bonds. The fourth-order valence-electron chi connectivity index (χ4n) is 6.62. The highest BCUT2D eigenvalue weighted by atomic mass is 16.5. The third-order valence-corrected chi connectivity index (χ3v) is 9.16. The van der Waals surface area contributed by atoms with Crippen molar-refractivity contribution < 1.29 is 9.47 Å². The molecular weight excluding hydrogens is 613 g/mol. The molecule has 0 spiro atoms. The van der Waals surface area contributed by atoms with Gasteiger partial charge in [-0.05, 0) is 109 Å². The Morgan fingerprint density at radius 2 is 0.800 bits per heavy atom. The van der Waals surface area contributed by atoms with E-state index >= 15 is 0 Å². The molecule has 7 aromatic rings. The molecule has 50 heavy (non-hydrogen) atoms. The highest BCUT2D eigenvalue weighted by Gasteiger charge is 2.26. The summed E-state index contributed by atoms with van der Waals surface area (Å²) < 4.78 is 12.1. The second-order valence-electron chi connectivity index (χ2n) is 12.6. The van der Waals surface area contributed by atoms with Gasteiger partial charge < -0.3 is 19.3 Å². The second kappa shape index (κ2) is 13.7. The average molecular weight is 651 g/mol. The van der Waals surface area contributed by atoms with Gasteiger partial charge in [-0.15, -0.1) is 0 Å². The van der Waals surface area contributed by atoms with E-state index in [9.17, 15) is 0 Å². The first-order valence-corrected chi connectivity index (χ1v) is 17.2. The number of hydrogen-bond donors (Lipinski definition) is 0. The number of para-hydroxylation sites is 8. The van der Waals surface area contributed by atoms with Gasteiger partial charge in [0.15, 0.2) is 23.0 Å². The van der Waals surface area contributed by atoms with Gasteiger partial charge in [-0.1, -0.05) is 110 Å². The smallest absolute Gasteiger partial charge is 0.151 e. The van der Waals surface area contributed by atoms with Crippen LogP contribution in [0.5, 0.6) is 23.0 Å². The van der Waals surface area contributed by atoms with Crippen LogP contribution in [0.3, 0.4) is 0 Å². The van der Waals surface area contributed by atoms with Crippen molar-refractivity contribution in [2.45, 2.75) is 26.7 Å². The maximum atomic E-state index is 6.11. The van der Waals surface area contributed by atoms with Crippen molar-refractivity contribution in [3.05, 3.63) is 192 Å². The molecule has 4 nitrogen and oxygen atoms in total. The number of fused-ring (bicyclic) bond motifs is 4. The summed E-state index contributed by atoms with van der Waals surface area (Å²) in [4.78, 5) is 4.52. The quantitative estimate of drug-likeness (QED) is 0.185. The monoisotopic (exact) mass is 650 g/mol. The topological polar surface area (TPSA) is 24.9 Å². The summed E-state index contributed by atoms with van der Waals surface area (Å²) in [5.74, 6) is 3.53. The fraction of sp³-hybridized carbons (Fsp3) is 0.0870. The van der Waals surface area contributed by atoms with Crippen molar-refractivity contribution >= 4 is 34.1 Å². The van der Waals surface area contributed by atoms with Gasteiger partial charge in [-0.2, -0.15) is 0 Å². The standard InChI is InChI=1S/C27H23NO.C19H15NO/c1-2-20-8-7-9-22(18-20)19-21-14-16-23(17-15-21)28-24-10-3-5-12-26(24)29-27-13-6-4-11-25(27)28;1-14-10-12-15(13-11-14)20-16-6-2-4-8-18(16)21-19-9-5-3-7-17(19)20/h3-18H,2,19H2,1H3;2-13H,1H3. The van der Waals surface area contributed by atoms with Gasteiger partial charge in [0.1, 0.15) is 0 Å². The predicted octanol–water partition coefficient (Wildman–Crippen LogP) is 13.0. The van der Waals surface area contributed by atoms with Gasteiger partial charge in [0, 0.05) is 11.4 Å². The summed E-state index contributed by atoms with van der Waals surface area (Å²) >= 11 is 0. The minimum Gasteiger partial charge on any atom is -0.453 e.